The third-order valence-corrected chi connectivity index (χ3v) is 6.82. The fourth-order valence-corrected chi connectivity index (χ4v) is 4.73. The second-order valence-electron chi connectivity index (χ2n) is 9.22. The highest BCUT2D eigenvalue weighted by Gasteiger charge is 2.35. The van der Waals surface area contributed by atoms with Crippen molar-refractivity contribution in [3.05, 3.63) is 69.8 Å². The van der Waals surface area contributed by atoms with Crippen molar-refractivity contribution < 1.29 is 23.5 Å². The van der Waals surface area contributed by atoms with Gasteiger partial charge in [0.05, 0.1) is 11.3 Å². The second kappa shape index (κ2) is 10.9. The van der Waals surface area contributed by atoms with Gasteiger partial charge in [-0.25, -0.2) is 0 Å². The number of oxime groups is 1. The molecule has 0 unspecified atom stereocenters. The van der Waals surface area contributed by atoms with E-state index in [-0.39, 0.29) is 23.4 Å². The fourth-order valence-electron chi connectivity index (χ4n) is 4.73. The lowest BCUT2D eigenvalue weighted by molar-refractivity contribution is -0.138. The lowest BCUT2D eigenvalue weighted by Gasteiger charge is -2.31. The van der Waals surface area contributed by atoms with E-state index in [1.165, 1.54) is 18.6 Å². The molecule has 1 saturated heterocycles. The first-order valence-corrected chi connectivity index (χ1v) is 12.2. The van der Waals surface area contributed by atoms with Gasteiger partial charge < -0.3 is 4.84 Å². The Hall–Kier alpha value is -2.34. The van der Waals surface area contributed by atoms with Gasteiger partial charge in [-0.1, -0.05) is 55.6 Å². The van der Waals surface area contributed by atoms with Crippen LogP contribution < -0.4 is 0 Å². The molecule has 2 aromatic carbocycles. The molecule has 0 bridgehead atoms. The summed E-state index contributed by atoms with van der Waals surface area (Å²) >= 11 is 0. The first-order valence-electron chi connectivity index (χ1n) is 14.2. The largest absolute Gasteiger partial charge is 0.416 e. The van der Waals surface area contributed by atoms with Gasteiger partial charge in [0.15, 0.2) is 0 Å². The van der Waals surface area contributed by atoms with Gasteiger partial charge in [0.25, 0.3) is 0 Å². The van der Waals surface area contributed by atoms with Crippen LogP contribution in [-0.2, 0) is 30.6 Å². The highest BCUT2D eigenvalue weighted by atomic mass is 19.4. The maximum absolute atomic E-state index is 14.0. The average molecular weight is 477 g/mol. The molecule has 1 aliphatic heterocycles. The van der Waals surface area contributed by atoms with E-state index in [2.05, 4.69) is 10.1 Å². The average Bonchev–Trinajstić information content (AvgIpc) is 2.83. The number of nitrogens with zero attached hydrogens (tertiary/aromatic N) is 2. The zero-order valence-corrected chi connectivity index (χ0v) is 19.7. The summed E-state index contributed by atoms with van der Waals surface area (Å²) in [4.78, 5) is 7.67. The quantitative estimate of drug-likeness (QED) is 0.292. The van der Waals surface area contributed by atoms with Crippen molar-refractivity contribution in [2.75, 3.05) is 13.1 Å². The minimum Gasteiger partial charge on any atom is -0.391 e. The van der Waals surface area contributed by atoms with Gasteiger partial charge in [0.2, 0.25) is 0 Å². The second-order valence-corrected chi connectivity index (χ2v) is 9.22. The third kappa shape index (κ3) is 6.01. The van der Waals surface area contributed by atoms with Crippen LogP contribution in [0.25, 0.3) is 0 Å². The van der Waals surface area contributed by atoms with E-state index in [1.807, 2.05) is 19.1 Å². The molecule has 2 aliphatic rings. The molecule has 3 nitrogen and oxygen atoms in total. The molecule has 6 heteroatoms. The molecular weight excluding hydrogens is 437 g/mol. The number of hydrogen-bond donors (Lipinski definition) is 0. The predicted octanol–water partition coefficient (Wildman–Crippen LogP) is 7.46. The van der Waals surface area contributed by atoms with Gasteiger partial charge in [-0.05, 0) is 91.5 Å². The molecule has 1 saturated carbocycles. The monoisotopic (exact) mass is 476 g/mol. The Morgan fingerprint density at radius 2 is 1.88 bits per heavy atom. The molecule has 0 amide bonds. The minimum absolute atomic E-state index is 0.00876. The number of aryl methyl sites for hydroxylation is 1. The van der Waals surface area contributed by atoms with Crippen molar-refractivity contribution in [3.8, 4) is 0 Å². The van der Waals surface area contributed by atoms with Crippen LogP contribution in [0, 0.1) is 0 Å². The van der Waals surface area contributed by atoms with E-state index < -0.39 is 24.5 Å². The number of alkyl halides is 3. The first-order chi connectivity index (χ1) is 17.9. The van der Waals surface area contributed by atoms with Crippen LogP contribution in [0.5, 0.6) is 0 Å². The molecule has 0 N–H and O–H groups in total. The van der Waals surface area contributed by atoms with Crippen molar-refractivity contribution in [1.82, 2.24) is 4.90 Å². The standard InChI is InChI=1S/C28H35F3N2O/c1-3-22-17-24(11-12-25(22)18-33-14-7-15-33)20(2)32-34-19-21-10-13-26(23-8-5-4-6-9-23)27(16-21)28(29,30)31/h10-13,16-17,23H,3-9,14-15,18-19H2,1-2H3/b32-20+/i2D3,23D. The molecule has 2 fully saturated rings. The molecule has 0 aromatic heterocycles. The Balaban J connectivity index is 1.56. The Labute approximate surface area is 206 Å². The van der Waals surface area contributed by atoms with Crippen LogP contribution in [0.4, 0.5) is 13.2 Å². The summed E-state index contributed by atoms with van der Waals surface area (Å²) in [6.45, 7) is 2.06. The maximum Gasteiger partial charge on any atom is 0.416 e. The summed E-state index contributed by atoms with van der Waals surface area (Å²) in [6.07, 6.45) is 0.495. The molecule has 1 aliphatic carbocycles. The van der Waals surface area contributed by atoms with E-state index >= 15 is 0 Å². The zero-order valence-electron chi connectivity index (χ0n) is 23.7. The Morgan fingerprint density at radius 3 is 2.53 bits per heavy atom. The van der Waals surface area contributed by atoms with Crippen molar-refractivity contribution in [2.24, 2.45) is 5.16 Å². The zero-order chi connectivity index (χ0) is 27.6. The molecule has 1 heterocycles. The highest BCUT2D eigenvalue weighted by molar-refractivity contribution is 5.98. The van der Waals surface area contributed by atoms with Crippen molar-refractivity contribution in [2.45, 2.75) is 83.9 Å². The lowest BCUT2D eigenvalue weighted by atomic mass is 9.81. The highest BCUT2D eigenvalue weighted by Crippen LogP contribution is 2.41. The van der Waals surface area contributed by atoms with Crippen LogP contribution in [-0.4, -0.2) is 23.7 Å². The molecule has 184 valence electrons. The number of benzene rings is 2. The molecule has 2 aromatic rings. The van der Waals surface area contributed by atoms with Gasteiger partial charge in [0.1, 0.15) is 6.61 Å². The van der Waals surface area contributed by atoms with Crippen molar-refractivity contribution in [3.63, 3.8) is 0 Å². The van der Waals surface area contributed by atoms with Crippen LogP contribution >= 0.6 is 0 Å². The molecule has 0 radical (unpaired) electrons. The lowest BCUT2D eigenvalue weighted by Crippen LogP contribution is -2.36. The van der Waals surface area contributed by atoms with E-state index in [4.69, 9.17) is 10.3 Å². The Morgan fingerprint density at radius 1 is 1.09 bits per heavy atom. The van der Waals surface area contributed by atoms with Gasteiger partial charge in [-0.2, -0.15) is 13.2 Å². The van der Waals surface area contributed by atoms with E-state index in [1.54, 1.807) is 6.07 Å². The summed E-state index contributed by atoms with van der Waals surface area (Å²) in [5, 5.41) is 3.90. The Bertz CT molecular complexity index is 1150. The number of likely N-dealkylation sites (tertiary alicyclic amines) is 1. The summed E-state index contributed by atoms with van der Waals surface area (Å²) in [5.74, 6) is -1.26. The van der Waals surface area contributed by atoms with Gasteiger partial charge in [-0.15, -0.1) is 0 Å². The van der Waals surface area contributed by atoms with Crippen LogP contribution in [0.2, 0.25) is 0 Å². The van der Waals surface area contributed by atoms with Crippen molar-refractivity contribution >= 4 is 5.71 Å². The summed E-state index contributed by atoms with van der Waals surface area (Å²) in [6, 6.07) is 9.35. The van der Waals surface area contributed by atoms with Gasteiger partial charge >= 0.3 is 6.18 Å². The van der Waals surface area contributed by atoms with E-state index in [0.717, 1.165) is 62.5 Å². The molecule has 4 rings (SSSR count). The van der Waals surface area contributed by atoms with Gasteiger partial charge in [-0.3, -0.25) is 4.90 Å². The fraction of sp³-hybridized carbons (Fsp3) is 0.536. The molecule has 34 heavy (non-hydrogen) atoms. The van der Waals surface area contributed by atoms with Crippen LogP contribution in [0.15, 0.2) is 41.6 Å². The summed E-state index contributed by atoms with van der Waals surface area (Å²) in [7, 11) is 0. The Kier molecular flexibility index (Phi) is 6.41. The normalized spacial score (nSPS) is 21.1. The number of hydrogen-bond acceptors (Lipinski definition) is 3. The van der Waals surface area contributed by atoms with Gasteiger partial charge in [0, 0.05) is 12.0 Å². The van der Waals surface area contributed by atoms with Crippen molar-refractivity contribution in [1.29, 1.82) is 0 Å². The molecule has 0 atom stereocenters. The number of halogens is 3. The topological polar surface area (TPSA) is 24.8 Å². The van der Waals surface area contributed by atoms with Crippen LogP contribution in [0.3, 0.4) is 0 Å². The van der Waals surface area contributed by atoms with Crippen LogP contribution in [0.1, 0.15) is 97.1 Å². The molecular formula is C28H35F3N2O. The molecule has 0 spiro atoms. The smallest absolute Gasteiger partial charge is 0.391 e. The third-order valence-electron chi connectivity index (χ3n) is 6.82. The first kappa shape index (κ1) is 19.9. The van der Waals surface area contributed by atoms with E-state index in [0.29, 0.717) is 18.4 Å². The number of rotatable bonds is 8. The maximum atomic E-state index is 14.0. The minimum atomic E-state index is -4.61. The predicted molar refractivity (Wildman–Crippen MR) is 130 cm³/mol. The SMILES string of the molecule is [2H]C([2H])([2H])/C(=N\OCc1ccc(C2([2H])CCCCC2)c(C(F)(F)F)c1)c1ccc(CN2CCC2)c(CC)c1. The summed E-state index contributed by atoms with van der Waals surface area (Å²) in [5.41, 5.74) is 1.73. The van der Waals surface area contributed by atoms with E-state index in [9.17, 15) is 13.2 Å². The summed E-state index contributed by atoms with van der Waals surface area (Å²) < 4.78 is 74.5.